The van der Waals surface area contributed by atoms with Crippen LogP contribution in [0.3, 0.4) is 0 Å². The summed E-state index contributed by atoms with van der Waals surface area (Å²) in [6.07, 6.45) is 1.61. The Morgan fingerprint density at radius 1 is 1.03 bits per heavy atom. The highest BCUT2D eigenvalue weighted by molar-refractivity contribution is 6.08. The number of fused-ring (bicyclic) bond motifs is 1. The summed E-state index contributed by atoms with van der Waals surface area (Å²) in [7, 11) is 1.63. The zero-order valence-corrected chi connectivity index (χ0v) is 18.9. The number of ether oxygens (including phenoxy) is 1. The van der Waals surface area contributed by atoms with E-state index < -0.39 is 0 Å². The van der Waals surface area contributed by atoms with Gasteiger partial charge >= 0.3 is 0 Å². The van der Waals surface area contributed by atoms with Gasteiger partial charge in [-0.2, -0.15) is 0 Å². The number of carbonyl (C=O) groups is 2. The molecule has 1 fully saturated rings. The summed E-state index contributed by atoms with van der Waals surface area (Å²) in [6, 6.07) is 19.5. The van der Waals surface area contributed by atoms with Crippen LogP contribution in [-0.2, 0) is 4.79 Å². The number of methoxy groups -OCH3 is 1. The van der Waals surface area contributed by atoms with Gasteiger partial charge in [0.25, 0.3) is 5.91 Å². The van der Waals surface area contributed by atoms with E-state index in [-0.39, 0.29) is 23.8 Å². The molecule has 5 nitrogen and oxygen atoms in total. The van der Waals surface area contributed by atoms with Crippen LogP contribution >= 0.6 is 0 Å². The molecule has 1 aliphatic rings. The monoisotopic (exact) mass is 430 g/mol. The van der Waals surface area contributed by atoms with Crippen LogP contribution in [0.1, 0.15) is 47.3 Å². The summed E-state index contributed by atoms with van der Waals surface area (Å²) in [4.78, 5) is 28.3. The Bertz CT molecular complexity index is 1140. The second kappa shape index (κ2) is 9.43. The summed E-state index contributed by atoms with van der Waals surface area (Å²) in [5.74, 6) is 0.521. The van der Waals surface area contributed by atoms with Gasteiger partial charge in [-0.3, -0.25) is 9.59 Å². The summed E-state index contributed by atoms with van der Waals surface area (Å²) in [5.41, 5.74) is 2.93. The minimum absolute atomic E-state index is 0.0119. The minimum atomic E-state index is -0.205. The zero-order valence-electron chi connectivity index (χ0n) is 18.9. The van der Waals surface area contributed by atoms with Crippen molar-refractivity contribution in [1.82, 2.24) is 10.2 Å². The third-order valence-corrected chi connectivity index (χ3v) is 6.43. The van der Waals surface area contributed by atoms with E-state index >= 15 is 0 Å². The maximum Gasteiger partial charge on any atom is 0.254 e. The normalized spacial score (nSPS) is 17.1. The van der Waals surface area contributed by atoms with E-state index in [1.165, 1.54) is 0 Å². The van der Waals surface area contributed by atoms with Crippen molar-refractivity contribution in [3.63, 3.8) is 0 Å². The van der Waals surface area contributed by atoms with Crippen molar-refractivity contribution < 1.29 is 14.3 Å². The third kappa shape index (κ3) is 4.33. The number of rotatable bonds is 5. The third-order valence-electron chi connectivity index (χ3n) is 6.43. The molecule has 3 aromatic rings. The lowest BCUT2D eigenvalue weighted by Crippen LogP contribution is -2.46. The van der Waals surface area contributed by atoms with Crippen molar-refractivity contribution >= 4 is 22.6 Å². The van der Waals surface area contributed by atoms with E-state index in [0.29, 0.717) is 18.7 Å². The maximum absolute atomic E-state index is 13.4. The van der Waals surface area contributed by atoms with Gasteiger partial charge in [-0.05, 0) is 55.3 Å². The van der Waals surface area contributed by atoms with Crippen LogP contribution in [0.15, 0.2) is 60.7 Å². The lowest BCUT2D eigenvalue weighted by Gasteiger charge is -2.33. The van der Waals surface area contributed by atoms with Gasteiger partial charge in [0.2, 0.25) is 5.91 Å². The Hall–Kier alpha value is -3.34. The number of nitrogens with zero attached hydrogens (tertiary/aromatic N) is 1. The van der Waals surface area contributed by atoms with Crippen LogP contribution in [0.25, 0.3) is 10.8 Å². The van der Waals surface area contributed by atoms with Gasteiger partial charge in [0, 0.05) is 24.0 Å². The Morgan fingerprint density at radius 2 is 1.75 bits per heavy atom. The SMILES string of the molecule is COc1ccc(C(=O)N2CCC[C@@H](C(=O)N[C@H](C)c3ccccc3C)C2)c2ccccc12. The lowest BCUT2D eigenvalue weighted by molar-refractivity contribution is -0.127. The van der Waals surface area contributed by atoms with Crippen molar-refractivity contribution in [2.75, 3.05) is 20.2 Å². The van der Waals surface area contributed by atoms with Gasteiger partial charge in [-0.1, -0.05) is 48.5 Å². The van der Waals surface area contributed by atoms with E-state index in [0.717, 1.165) is 40.5 Å². The molecule has 0 bridgehead atoms. The van der Waals surface area contributed by atoms with E-state index in [4.69, 9.17) is 4.74 Å². The molecule has 0 unspecified atom stereocenters. The molecular formula is C27H30N2O3. The van der Waals surface area contributed by atoms with Crippen molar-refractivity contribution in [2.45, 2.75) is 32.7 Å². The molecule has 2 amide bonds. The molecule has 32 heavy (non-hydrogen) atoms. The molecule has 3 aromatic carbocycles. The highest BCUT2D eigenvalue weighted by Crippen LogP contribution is 2.30. The standard InChI is InChI=1S/C27H30N2O3/c1-18-9-4-5-11-21(18)19(2)28-26(30)20-10-8-16-29(17-20)27(31)24-14-15-25(32-3)23-13-7-6-12-22(23)24/h4-7,9,11-15,19-20H,8,10,16-17H2,1-3H3,(H,28,30)/t19-,20-/m1/s1. The van der Waals surface area contributed by atoms with Gasteiger partial charge in [-0.25, -0.2) is 0 Å². The number of aryl methyl sites for hydroxylation is 1. The molecule has 2 atom stereocenters. The van der Waals surface area contributed by atoms with E-state index in [1.54, 1.807) is 7.11 Å². The van der Waals surface area contributed by atoms with Crippen LogP contribution in [0, 0.1) is 12.8 Å². The number of carbonyl (C=O) groups excluding carboxylic acids is 2. The molecule has 4 rings (SSSR count). The van der Waals surface area contributed by atoms with Gasteiger partial charge in [0.15, 0.2) is 0 Å². The fourth-order valence-corrected chi connectivity index (χ4v) is 4.66. The van der Waals surface area contributed by atoms with Crippen molar-refractivity contribution in [1.29, 1.82) is 0 Å². The van der Waals surface area contributed by atoms with Gasteiger partial charge in [0.1, 0.15) is 5.75 Å². The largest absolute Gasteiger partial charge is 0.496 e. The predicted molar refractivity (Wildman–Crippen MR) is 127 cm³/mol. The van der Waals surface area contributed by atoms with E-state index in [1.807, 2.05) is 66.4 Å². The first-order chi connectivity index (χ1) is 15.5. The second-order valence-corrected chi connectivity index (χ2v) is 8.54. The number of amides is 2. The number of piperidine rings is 1. The molecule has 1 N–H and O–H groups in total. The summed E-state index contributed by atoms with van der Waals surface area (Å²) in [6.45, 7) is 5.16. The Labute approximate surface area is 189 Å². The molecular weight excluding hydrogens is 400 g/mol. The van der Waals surface area contributed by atoms with Gasteiger partial charge in [0.05, 0.1) is 19.1 Å². The fourth-order valence-electron chi connectivity index (χ4n) is 4.66. The number of nitrogens with one attached hydrogen (secondary N) is 1. The average Bonchev–Trinajstić information content (AvgIpc) is 2.83. The number of benzene rings is 3. The molecule has 0 aromatic heterocycles. The molecule has 0 aliphatic carbocycles. The topological polar surface area (TPSA) is 58.6 Å². The molecule has 1 heterocycles. The van der Waals surface area contributed by atoms with Crippen molar-refractivity contribution in [3.8, 4) is 5.75 Å². The Balaban J connectivity index is 1.49. The summed E-state index contributed by atoms with van der Waals surface area (Å²) < 4.78 is 5.46. The smallest absolute Gasteiger partial charge is 0.254 e. The molecule has 0 spiro atoms. The fraction of sp³-hybridized carbons (Fsp3) is 0.333. The summed E-state index contributed by atoms with van der Waals surface area (Å²) >= 11 is 0. The molecule has 0 saturated carbocycles. The van der Waals surface area contributed by atoms with Crippen molar-refractivity contribution in [3.05, 3.63) is 77.4 Å². The first-order valence-electron chi connectivity index (χ1n) is 11.2. The average molecular weight is 431 g/mol. The number of likely N-dealkylation sites (tertiary alicyclic amines) is 1. The van der Waals surface area contributed by atoms with Gasteiger partial charge < -0.3 is 15.0 Å². The molecule has 0 radical (unpaired) electrons. The van der Waals surface area contributed by atoms with Crippen LogP contribution in [0.5, 0.6) is 5.75 Å². The quantitative estimate of drug-likeness (QED) is 0.627. The summed E-state index contributed by atoms with van der Waals surface area (Å²) in [5, 5.41) is 4.95. The highest BCUT2D eigenvalue weighted by Gasteiger charge is 2.30. The minimum Gasteiger partial charge on any atom is -0.496 e. The second-order valence-electron chi connectivity index (χ2n) is 8.54. The van der Waals surface area contributed by atoms with E-state index in [9.17, 15) is 9.59 Å². The van der Waals surface area contributed by atoms with Crippen LogP contribution in [-0.4, -0.2) is 36.9 Å². The molecule has 166 valence electrons. The number of hydrogen-bond acceptors (Lipinski definition) is 3. The molecule has 5 heteroatoms. The van der Waals surface area contributed by atoms with Crippen LogP contribution in [0.2, 0.25) is 0 Å². The first-order valence-corrected chi connectivity index (χ1v) is 11.2. The number of hydrogen-bond donors (Lipinski definition) is 1. The Morgan fingerprint density at radius 3 is 2.50 bits per heavy atom. The first kappa shape index (κ1) is 21.9. The van der Waals surface area contributed by atoms with E-state index in [2.05, 4.69) is 18.3 Å². The van der Waals surface area contributed by atoms with Crippen LogP contribution < -0.4 is 10.1 Å². The highest BCUT2D eigenvalue weighted by atomic mass is 16.5. The van der Waals surface area contributed by atoms with Crippen molar-refractivity contribution in [2.24, 2.45) is 5.92 Å². The predicted octanol–water partition coefficient (Wildman–Crippen LogP) is 4.89. The Kier molecular flexibility index (Phi) is 6.45. The molecule has 1 aliphatic heterocycles. The molecule has 1 saturated heterocycles. The van der Waals surface area contributed by atoms with Gasteiger partial charge in [-0.15, -0.1) is 0 Å². The lowest BCUT2D eigenvalue weighted by atomic mass is 9.94. The maximum atomic E-state index is 13.4. The zero-order chi connectivity index (χ0) is 22.7. The van der Waals surface area contributed by atoms with Crippen LogP contribution in [0.4, 0.5) is 0 Å².